The number of nitro groups is 1. The number of hydrogen-bond donors (Lipinski definition) is 1. The first-order chi connectivity index (χ1) is 10.6. The SMILES string of the molecule is CC(C)(C)c1cc(Oc2c(Cl)cc([N+](=O)[O-])cc2Cl)ccc1O. The Balaban J connectivity index is 2.42. The predicted molar refractivity (Wildman–Crippen MR) is 90.0 cm³/mol. The van der Waals surface area contributed by atoms with E-state index in [1.807, 2.05) is 20.8 Å². The van der Waals surface area contributed by atoms with Crippen molar-refractivity contribution >= 4 is 28.9 Å². The third-order valence-electron chi connectivity index (χ3n) is 3.19. The monoisotopic (exact) mass is 355 g/mol. The number of nitro benzene ring substituents is 1. The fourth-order valence-corrected chi connectivity index (χ4v) is 2.60. The van der Waals surface area contributed by atoms with Gasteiger partial charge in [-0.15, -0.1) is 0 Å². The fraction of sp³-hybridized carbons (Fsp3) is 0.250. The van der Waals surface area contributed by atoms with Gasteiger partial charge < -0.3 is 9.84 Å². The lowest BCUT2D eigenvalue weighted by atomic mass is 9.86. The lowest BCUT2D eigenvalue weighted by molar-refractivity contribution is -0.384. The number of phenolic OH excluding ortho intramolecular Hbond substituents is 1. The van der Waals surface area contributed by atoms with Crippen LogP contribution in [0.5, 0.6) is 17.2 Å². The molecule has 0 saturated carbocycles. The molecule has 1 N–H and O–H groups in total. The molecule has 0 spiro atoms. The molecular weight excluding hydrogens is 341 g/mol. The number of phenols is 1. The summed E-state index contributed by atoms with van der Waals surface area (Å²) in [6.45, 7) is 5.87. The van der Waals surface area contributed by atoms with Gasteiger partial charge in [0.05, 0.1) is 15.0 Å². The molecule has 23 heavy (non-hydrogen) atoms. The Bertz CT molecular complexity index is 746. The lowest BCUT2D eigenvalue weighted by Crippen LogP contribution is -2.11. The molecule has 0 amide bonds. The van der Waals surface area contributed by atoms with Crippen LogP contribution in [0.1, 0.15) is 26.3 Å². The standard InChI is InChI=1S/C16H15Cl2NO4/c1-16(2,3)11-8-10(4-5-14(11)20)23-15-12(17)6-9(19(21)22)7-13(15)18/h4-8,20H,1-3H3. The van der Waals surface area contributed by atoms with Crippen LogP contribution in [0.15, 0.2) is 30.3 Å². The summed E-state index contributed by atoms with van der Waals surface area (Å²) >= 11 is 12.1. The van der Waals surface area contributed by atoms with Crippen LogP contribution >= 0.6 is 23.2 Å². The summed E-state index contributed by atoms with van der Waals surface area (Å²) in [6, 6.07) is 7.12. The highest BCUT2D eigenvalue weighted by molar-refractivity contribution is 6.37. The topological polar surface area (TPSA) is 72.6 Å². The Morgan fingerprint density at radius 1 is 1.13 bits per heavy atom. The van der Waals surface area contributed by atoms with Gasteiger partial charge in [-0.3, -0.25) is 10.1 Å². The minimum atomic E-state index is -0.584. The summed E-state index contributed by atoms with van der Waals surface area (Å²) in [7, 11) is 0. The second-order valence-electron chi connectivity index (χ2n) is 6.03. The van der Waals surface area contributed by atoms with Crippen molar-refractivity contribution in [3.05, 3.63) is 56.1 Å². The Hall–Kier alpha value is -1.98. The molecule has 0 heterocycles. The summed E-state index contributed by atoms with van der Waals surface area (Å²) < 4.78 is 5.67. The molecule has 0 aliphatic heterocycles. The van der Waals surface area contributed by atoms with E-state index < -0.39 is 4.92 Å². The summed E-state index contributed by atoms with van der Waals surface area (Å²) in [5.74, 6) is 0.709. The molecule has 0 bridgehead atoms. The molecule has 2 rings (SSSR count). The first kappa shape index (κ1) is 17.4. The highest BCUT2D eigenvalue weighted by Crippen LogP contribution is 2.41. The largest absolute Gasteiger partial charge is 0.508 e. The van der Waals surface area contributed by atoms with E-state index in [1.165, 1.54) is 18.2 Å². The second-order valence-corrected chi connectivity index (χ2v) is 6.84. The van der Waals surface area contributed by atoms with Crippen molar-refractivity contribution in [3.63, 3.8) is 0 Å². The van der Waals surface area contributed by atoms with Crippen LogP contribution < -0.4 is 4.74 Å². The third-order valence-corrected chi connectivity index (χ3v) is 3.75. The first-order valence-electron chi connectivity index (χ1n) is 6.74. The highest BCUT2D eigenvalue weighted by Gasteiger charge is 2.20. The lowest BCUT2D eigenvalue weighted by Gasteiger charge is -2.21. The summed E-state index contributed by atoms with van der Waals surface area (Å²) in [6.07, 6.45) is 0. The average molecular weight is 356 g/mol. The first-order valence-corrected chi connectivity index (χ1v) is 7.50. The van der Waals surface area contributed by atoms with E-state index in [-0.39, 0.29) is 32.6 Å². The van der Waals surface area contributed by atoms with Crippen LogP contribution in [-0.2, 0) is 5.41 Å². The van der Waals surface area contributed by atoms with Gasteiger partial charge in [-0.05, 0) is 23.6 Å². The Morgan fingerprint density at radius 2 is 1.70 bits per heavy atom. The zero-order chi connectivity index (χ0) is 17.4. The number of non-ortho nitro benzene ring substituents is 1. The van der Waals surface area contributed by atoms with Gasteiger partial charge in [-0.25, -0.2) is 0 Å². The normalized spacial score (nSPS) is 11.3. The summed E-state index contributed by atoms with van der Waals surface area (Å²) in [4.78, 5) is 10.2. The van der Waals surface area contributed by atoms with Crippen molar-refractivity contribution < 1.29 is 14.8 Å². The minimum Gasteiger partial charge on any atom is -0.508 e. The van der Waals surface area contributed by atoms with E-state index in [0.29, 0.717) is 11.3 Å². The number of ether oxygens (including phenoxy) is 1. The van der Waals surface area contributed by atoms with Crippen molar-refractivity contribution in [2.75, 3.05) is 0 Å². The van der Waals surface area contributed by atoms with Gasteiger partial charge >= 0.3 is 0 Å². The molecule has 5 nitrogen and oxygen atoms in total. The number of hydrogen-bond acceptors (Lipinski definition) is 4. The van der Waals surface area contributed by atoms with Crippen molar-refractivity contribution in [2.45, 2.75) is 26.2 Å². The van der Waals surface area contributed by atoms with Gasteiger partial charge in [-0.2, -0.15) is 0 Å². The molecule has 7 heteroatoms. The summed E-state index contributed by atoms with van der Waals surface area (Å²) in [5, 5.41) is 20.8. The van der Waals surface area contributed by atoms with Crippen LogP contribution in [0.4, 0.5) is 5.69 Å². The van der Waals surface area contributed by atoms with E-state index >= 15 is 0 Å². The number of benzene rings is 2. The molecule has 0 aliphatic carbocycles. The van der Waals surface area contributed by atoms with Gasteiger partial charge in [0.25, 0.3) is 5.69 Å². The molecule has 0 radical (unpaired) electrons. The van der Waals surface area contributed by atoms with Crippen molar-refractivity contribution in [1.82, 2.24) is 0 Å². The zero-order valence-electron chi connectivity index (χ0n) is 12.8. The van der Waals surface area contributed by atoms with Crippen LogP contribution in [0.25, 0.3) is 0 Å². The van der Waals surface area contributed by atoms with Crippen LogP contribution in [-0.4, -0.2) is 10.0 Å². The van der Waals surface area contributed by atoms with E-state index in [0.717, 1.165) is 0 Å². The van der Waals surface area contributed by atoms with E-state index in [4.69, 9.17) is 27.9 Å². The maximum absolute atomic E-state index is 10.8. The number of rotatable bonds is 3. The van der Waals surface area contributed by atoms with Crippen LogP contribution in [0.2, 0.25) is 10.0 Å². The molecule has 0 aromatic heterocycles. The zero-order valence-corrected chi connectivity index (χ0v) is 14.3. The maximum Gasteiger partial charge on any atom is 0.272 e. The number of aromatic hydroxyl groups is 1. The molecule has 2 aromatic carbocycles. The quantitative estimate of drug-likeness (QED) is 0.566. The predicted octanol–water partition coefficient (Wildman–Crippen LogP) is 5.70. The average Bonchev–Trinajstić information content (AvgIpc) is 2.42. The van der Waals surface area contributed by atoms with E-state index in [2.05, 4.69) is 0 Å². The molecule has 0 fully saturated rings. The Labute approximate surface area is 143 Å². The van der Waals surface area contributed by atoms with Crippen molar-refractivity contribution in [1.29, 1.82) is 0 Å². The van der Waals surface area contributed by atoms with Gasteiger partial charge in [-0.1, -0.05) is 44.0 Å². The Kier molecular flexibility index (Phi) is 4.73. The molecule has 0 aliphatic rings. The van der Waals surface area contributed by atoms with Gasteiger partial charge in [0.15, 0.2) is 5.75 Å². The molecular formula is C16H15Cl2NO4. The fourth-order valence-electron chi connectivity index (χ4n) is 2.05. The Morgan fingerprint density at radius 3 is 2.17 bits per heavy atom. The number of halogens is 2. The molecule has 0 atom stereocenters. The van der Waals surface area contributed by atoms with E-state index in [9.17, 15) is 15.2 Å². The molecule has 2 aromatic rings. The van der Waals surface area contributed by atoms with Gasteiger partial charge in [0, 0.05) is 17.7 Å². The van der Waals surface area contributed by atoms with E-state index in [1.54, 1.807) is 12.1 Å². The van der Waals surface area contributed by atoms with Gasteiger partial charge in [0.1, 0.15) is 11.5 Å². The summed E-state index contributed by atoms with van der Waals surface area (Å²) in [5.41, 5.74) is 0.199. The second kappa shape index (κ2) is 6.26. The van der Waals surface area contributed by atoms with Crippen LogP contribution in [0.3, 0.4) is 0 Å². The third kappa shape index (κ3) is 3.86. The van der Waals surface area contributed by atoms with Gasteiger partial charge in [0.2, 0.25) is 0 Å². The van der Waals surface area contributed by atoms with Crippen molar-refractivity contribution in [2.24, 2.45) is 0 Å². The number of nitrogens with zero attached hydrogens (tertiary/aromatic N) is 1. The smallest absolute Gasteiger partial charge is 0.272 e. The maximum atomic E-state index is 10.8. The highest BCUT2D eigenvalue weighted by atomic mass is 35.5. The van der Waals surface area contributed by atoms with Crippen LogP contribution in [0, 0.1) is 10.1 Å². The molecule has 0 unspecified atom stereocenters. The molecule has 0 saturated heterocycles. The minimum absolute atomic E-state index is 0.0367. The molecule has 122 valence electrons. The van der Waals surface area contributed by atoms with Crippen molar-refractivity contribution in [3.8, 4) is 17.2 Å².